The van der Waals surface area contributed by atoms with Crippen molar-refractivity contribution in [2.24, 2.45) is 0 Å². The van der Waals surface area contributed by atoms with Crippen LogP contribution in [-0.4, -0.2) is 31.3 Å². The molecule has 0 heterocycles. The van der Waals surface area contributed by atoms with Crippen LogP contribution in [0.5, 0.6) is 11.5 Å². The van der Waals surface area contributed by atoms with Crippen molar-refractivity contribution in [3.63, 3.8) is 0 Å². The molecule has 6 nitrogen and oxygen atoms in total. The Labute approximate surface area is 128 Å². The molecule has 1 aromatic rings. The van der Waals surface area contributed by atoms with Crippen molar-refractivity contribution in [3.8, 4) is 11.5 Å². The second-order valence-electron chi connectivity index (χ2n) is 5.04. The standard InChI is InChI=1S/C16H18O6/c1-20-12-8-11(9-13(10-12)21-2)16(6-3-7-16)22-15(19)5-4-14(17)18/h4-5,8-10H,3,6-7H2,1-2H3,(H,17,18)/b5-4+. The lowest BCUT2D eigenvalue weighted by Crippen LogP contribution is -2.38. The summed E-state index contributed by atoms with van der Waals surface area (Å²) in [5.41, 5.74) is 0.0360. The number of hydrogen-bond acceptors (Lipinski definition) is 5. The predicted octanol–water partition coefficient (Wildman–Crippen LogP) is 2.27. The number of aliphatic carboxylic acids is 1. The van der Waals surface area contributed by atoms with Crippen molar-refractivity contribution in [1.82, 2.24) is 0 Å². The van der Waals surface area contributed by atoms with Gasteiger partial charge in [0.15, 0.2) is 0 Å². The van der Waals surface area contributed by atoms with E-state index >= 15 is 0 Å². The Morgan fingerprint density at radius 2 is 1.68 bits per heavy atom. The quantitative estimate of drug-likeness (QED) is 0.641. The molecule has 1 fully saturated rings. The molecule has 22 heavy (non-hydrogen) atoms. The highest BCUT2D eigenvalue weighted by molar-refractivity contribution is 5.91. The van der Waals surface area contributed by atoms with Crippen LogP contribution in [0.3, 0.4) is 0 Å². The lowest BCUT2D eigenvalue weighted by molar-refractivity contribution is -0.165. The third kappa shape index (κ3) is 3.39. The first-order chi connectivity index (χ1) is 10.5. The SMILES string of the molecule is COc1cc(OC)cc(C2(OC(=O)/C=C/C(=O)O)CCC2)c1. The fourth-order valence-electron chi connectivity index (χ4n) is 2.38. The summed E-state index contributed by atoms with van der Waals surface area (Å²) in [5.74, 6) is -0.651. The summed E-state index contributed by atoms with van der Waals surface area (Å²) in [6.07, 6.45) is 3.96. The first kappa shape index (κ1) is 15.9. The van der Waals surface area contributed by atoms with Gasteiger partial charge in [-0.3, -0.25) is 0 Å². The van der Waals surface area contributed by atoms with Crippen molar-refractivity contribution < 1.29 is 28.9 Å². The van der Waals surface area contributed by atoms with E-state index in [1.165, 1.54) is 0 Å². The van der Waals surface area contributed by atoms with Crippen LogP contribution in [0.1, 0.15) is 24.8 Å². The summed E-state index contributed by atoms with van der Waals surface area (Å²) in [5, 5.41) is 8.56. The minimum atomic E-state index is -1.19. The minimum Gasteiger partial charge on any atom is -0.497 e. The van der Waals surface area contributed by atoms with E-state index in [1.54, 1.807) is 32.4 Å². The average Bonchev–Trinajstić information content (AvgIpc) is 2.48. The Kier molecular flexibility index (Phi) is 4.70. The molecular weight excluding hydrogens is 288 g/mol. The molecule has 6 heteroatoms. The first-order valence-corrected chi connectivity index (χ1v) is 6.86. The van der Waals surface area contributed by atoms with Crippen LogP contribution in [0.2, 0.25) is 0 Å². The van der Waals surface area contributed by atoms with Gasteiger partial charge in [-0.25, -0.2) is 9.59 Å². The molecule has 0 aliphatic heterocycles. The number of carboxylic acid groups (broad SMARTS) is 1. The van der Waals surface area contributed by atoms with E-state index in [1.807, 2.05) is 0 Å². The van der Waals surface area contributed by atoms with E-state index in [0.29, 0.717) is 24.3 Å². The molecule has 0 radical (unpaired) electrons. The van der Waals surface area contributed by atoms with Gasteiger partial charge in [0.2, 0.25) is 0 Å². The van der Waals surface area contributed by atoms with Crippen molar-refractivity contribution in [2.75, 3.05) is 14.2 Å². The van der Waals surface area contributed by atoms with Crippen molar-refractivity contribution >= 4 is 11.9 Å². The fourth-order valence-corrected chi connectivity index (χ4v) is 2.38. The smallest absolute Gasteiger partial charge is 0.331 e. The van der Waals surface area contributed by atoms with Crippen LogP contribution in [0, 0.1) is 0 Å². The van der Waals surface area contributed by atoms with Gasteiger partial charge < -0.3 is 19.3 Å². The second kappa shape index (κ2) is 6.51. The summed E-state index contributed by atoms with van der Waals surface area (Å²) < 4.78 is 16.0. The van der Waals surface area contributed by atoms with Gasteiger partial charge in [0.25, 0.3) is 0 Å². The third-order valence-corrected chi connectivity index (χ3v) is 3.70. The van der Waals surface area contributed by atoms with E-state index in [-0.39, 0.29) is 0 Å². The maximum absolute atomic E-state index is 11.8. The van der Waals surface area contributed by atoms with Gasteiger partial charge in [-0.05, 0) is 31.4 Å². The molecule has 0 atom stereocenters. The molecular formula is C16H18O6. The van der Waals surface area contributed by atoms with Crippen LogP contribution in [-0.2, 0) is 19.9 Å². The van der Waals surface area contributed by atoms with Gasteiger partial charge in [-0.15, -0.1) is 0 Å². The third-order valence-electron chi connectivity index (χ3n) is 3.70. The van der Waals surface area contributed by atoms with Gasteiger partial charge >= 0.3 is 11.9 Å². The van der Waals surface area contributed by atoms with Crippen molar-refractivity contribution in [3.05, 3.63) is 35.9 Å². The number of carboxylic acids is 1. The number of esters is 1. The molecule has 1 aromatic carbocycles. The van der Waals surface area contributed by atoms with Gasteiger partial charge in [-0.2, -0.15) is 0 Å². The molecule has 0 aromatic heterocycles. The lowest BCUT2D eigenvalue weighted by Gasteiger charge is -2.41. The Hall–Kier alpha value is -2.50. The fraction of sp³-hybridized carbons (Fsp3) is 0.375. The Bertz CT molecular complexity index is 578. The van der Waals surface area contributed by atoms with E-state index in [4.69, 9.17) is 19.3 Å². The van der Waals surface area contributed by atoms with Gasteiger partial charge in [0.05, 0.1) is 14.2 Å². The molecule has 1 saturated carbocycles. The number of benzene rings is 1. The van der Waals surface area contributed by atoms with Gasteiger partial charge in [0.1, 0.15) is 17.1 Å². The molecule has 118 valence electrons. The largest absolute Gasteiger partial charge is 0.497 e. The predicted molar refractivity (Wildman–Crippen MR) is 77.9 cm³/mol. The van der Waals surface area contributed by atoms with E-state index in [2.05, 4.69) is 0 Å². The molecule has 0 bridgehead atoms. The Morgan fingerprint density at radius 1 is 1.09 bits per heavy atom. The average molecular weight is 306 g/mol. The second-order valence-corrected chi connectivity index (χ2v) is 5.04. The highest BCUT2D eigenvalue weighted by Crippen LogP contribution is 2.46. The first-order valence-electron chi connectivity index (χ1n) is 6.86. The van der Waals surface area contributed by atoms with E-state index in [9.17, 15) is 9.59 Å². The topological polar surface area (TPSA) is 82.1 Å². The highest BCUT2D eigenvalue weighted by Gasteiger charge is 2.43. The molecule has 1 aliphatic carbocycles. The maximum atomic E-state index is 11.8. The van der Waals surface area contributed by atoms with Crippen LogP contribution < -0.4 is 9.47 Å². The zero-order valence-electron chi connectivity index (χ0n) is 12.5. The number of methoxy groups -OCH3 is 2. The van der Waals surface area contributed by atoms with E-state index in [0.717, 1.165) is 24.1 Å². The summed E-state index contributed by atoms with van der Waals surface area (Å²) in [6.45, 7) is 0. The summed E-state index contributed by atoms with van der Waals surface area (Å²) in [4.78, 5) is 22.3. The van der Waals surface area contributed by atoms with Crippen LogP contribution in [0.15, 0.2) is 30.4 Å². The molecule has 1 aliphatic rings. The molecule has 0 saturated heterocycles. The Balaban J connectivity index is 2.26. The molecule has 0 amide bonds. The zero-order chi connectivity index (χ0) is 16.2. The van der Waals surface area contributed by atoms with Gasteiger partial charge in [-0.1, -0.05) is 0 Å². The number of rotatable bonds is 6. The monoisotopic (exact) mass is 306 g/mol. The zero-order valence-corrected chi connectivity index (χ0v) is 12.5. The minimum absolute atomic E-state index is 0.609. The van der Waals surface area contributed by atoms with Crippen LogP contribution >= 0.6 is 0 Å². The summed E-state index contributed by atoms with van der Waals surface area (Å²) >= 11 is 0. The molecule has 2 rings (SSSR count). The summed E-state index contributed by atoms with van der Waals surface area (Å²) in [7, 11) is 3.10. The lowest BCUT2D eigenvalue weighted by atomic mass is 9.74. The maximum Gasteiger partial charge on any atom is 0.331 e. The normalized spacial score (nSPS) is 15.9. The summed E-state index contributed by atoms with van der Waals surface area (Å²) in [6, 6.07) is 5.34. The molecule has 1 N–H and O–H groups in total. The highest BCUT2D eigenvalue weighted by atomic mass is 16.6. The van der Waals surface area contributed by atoms with Crippen molar-refractivity contribution in [2.45, 2.75) is 24.9 Å². The molecule has 0 unspecified atom stereocenters. The number of hydrogen-bond donors (Lipinski definition) is 1. The van der Waals surface area contributed by atoms with Crippen molar-refractivity contribution in [1.29, 1.82) is 0 Å². The van der Waals surface area contributed by atoms with Crippen LogP contribution in [0.4, 0.5) is 0 Å². The van der Waals surface area contributed by atoms with Gasteiger partial charge in [0, 0.05) is 23.8 Å². The van der Waals surface area contributed by atoms with Crippen LogP contribution in [0.25, 0.3) is 0 Å². The number of carbonyl (C=O) groups excluding carboxylic acids is 1. The number of carbonyl (C=O) groups is 2. The Morgan fingerprint density at radius 3 is 2.09 bits per heavy atom. The molecule has 0 spiro atoms. The van der Waals surface area contributed by atoms with E-state index < -0.39 is 17.5 Å². The number of ether oxygens (including phenoxy) is 3.